The third-order valence-corrected chi connectivity index (χ3v) is 13.3. The highest BCUT2D eigenvalue weighted by molar-refractivity contribution is 7.98. The molecule has 2 saturated heterocycles. The van der Waals surface area contributed by atoms with Gasteiger partial charge in [-0.05, 0) is 90.1 Å². The van der Waals surface area contributed by atoms with Crippen molar-refractivity contribution in [2.24, 2.45) is 28.1 Å². The zero-order chi connectivity index (χ0) is 55.3. The van der Waals surface area contributed by atoms with Crippen LogP contribution < -0.4 is 54.4 Å². The average Bonchev–Trinajstić information content (AvgIpc) is 4.03. The Hall–Kier alpha value is -5.10. The van der Waals surface area contributed by atoms with E-state index in [1.807, 2.05) is 0 Å². The van der Waals surface area contributed by atoms with Crippen LogP contribution in [0.15, 0.2) is 4.99 Å². The van der Waals surface area contributed by atoms with Gasteiger partial charge < -0.3 is 79.5 Å². The van der Waals surface area contributed by atoms with E-state index in [9.17, 15) is 63.3 Å². The summed E-state index contributed by atoms with van der Waals surface area (Å²) in [7, 11) is 0. The number of aliphatic hydroxyl groups excluding tert-OH is 2. The van der Waals surface area contributed by atoms with Crippen LogP contribution in [-0.4, -0.2) is 206 Å². The molecule has 0 radical (unpaired) electrons. The third-order valence-electron chi connectivity index (χ3n) is 12.0. The number of nitrogens with zero attached hydrogens (tertiary/aromatic N) is 3. The lowest BCUT2D eigenvalue weighted by atomic mass is 10.0. The standard InChI is InChI=1S/C44H77N13O13S3/c1-21(2)18-27(36(62)53-29(20-72)43(69)70)51-35(61)25(10-7-14-48-44(46)47)49-38(64)30-11-8-15-56(30)41(67)26(13-17-73-6)50-39(65)31-12-9-16-57(31)42(68)33(24(5)59)55-40(66)32(23(4)58)54-37(63)28(19-71)52-34(60)22(3)45/h21-33,58-59,71-72H,7-20,45H2,1-6H3,(H,49,64)(H,50,65)(H,51,61)(H,52,60)(H,53,62)(H,54,63)(H,55,66)(H,69,70)(H4,46,47,48)/t22-,23+,24+,25-,26-,27-,28-,29-,30-,31-,32-,33-/m0/s1. The fourth-order valence-corrected chi connectivity index (χ4v) is 8.98. The van der Waals surface area contributed by atoms with Crippen molar-refractivity contribution >= 4 is 102 Å². The van der Waals surface area contributed by atoms with Crippen molar-refractivity contribution in [3.63, 3.8) is 0 Å². The zero-order valence-electron chi connectivity index (χ0n) is 42.2. The van der Waals surface area contributed by atoms with Crippen molar-refractivity contribution in [1.82, 2.24) is 47.0 Å². The number of carbonyl (C=O) groups excluding carboxylic acids is 9. The van der Waals surface area contributed by atoms with Crippen molar-refractivity contribution in [3.05, 3.63) is 0 Å². The van der Waals surface area contributed by atoms with Gasteiger partial charge in [-0.25, -0.2) is 4.79 Å². The van der Waals surface area contributed by atoms with Gasteiger partial charge in [0.2, 0.25) is 53.2 Å². The van der Waals surface area contributed by atoms with Crippen LogP contribution in [-0.2, 0) is 47.9 Å². The quantitative estimate of drug-likeness (QED) is 0.0139. The first-order valence-corrected chi connectivity index (χ1v) is 26.8. The number of thiol groups is 2. The second-order valence-corrected chi connectivity index (χ2v) is 20.2. The maximum Gasteiger partial charge on any atom is 0.327 e. The molecule has 2 rings (SSSR count). The van der Waals surface area contributed by atoms with Gasteiger partial charge in [0.1, 0.15) is 54.4 Å². The van der Waals surface area contributed by atoms with Crippen molar-refractivity contribution in [2.75, 3.05) is 43.1 Å². The summed E-state index contributed by atoms with van der Waals surface area (Å²) in [5, 5.41) is 48.3. The van der Waals surface area contributed by atoms with Gasteiger partial charge in [-0.1, -0.05) is 13.8 Å². The van der Waals surface area contributed by atoms with E-state index in [0.29, 0.717) is 18.6 Å². The summed E-state index contributed by atoms with van der Waals surface area (Å²) in [5.74, 6) is -8.73. The highest BCUT2D eigenvalue weighted by Gasteiger charge is 2.44. The Labute approximate surface area is 440 Å². The third kappa shape index (κ3) is 20.3. The molecule has 29 heteroatoms. The van der Waals surface area contributed by atoms with Gasteiger partial charge in [0.05, 0.1) is 18.2 Å². The average molecular weight is 1090 g/mol. The van der Waals surface area contributed by atoms with Gasteiger partial charge in [-0.15, -0.1) is 0 Å². The highest BCUT2D eigenvalue weighted by atomic mass is 32.2. The molecule has 73 heavy (non-hydrogen) atoms. The number of likely N-dealkylation sites (tertiary alicyclic amines) is 2. The minimum absolute atomic E-state index is 0.00741. The van der Waals surface area contributed by atoms with Crippen molar-refractivity contribution in [3.8, 4) is 0 Å². The summed E-state index contributed by atoms with van der Waals surface area (Å²) < 4.78 is 0. The molecule has 0 aromatic heterocycles. The summed E-state index contributed by atoms with van der Waals surface area (Å²) in [6, 6.07) is -12.8. The van der Waals surface area contributed by atoms with Gasteiger partial charge in [0.25, 0.3) is 0 Å². The molecule has 414 valence electrons. The SMILES string of the molecule is CSCC[C@H](NC(=O)[C@@H]1CCCN1C(=O)[C@@H](NC(=O)[C@@H](NC(=O)[C@H](CS)NC(=O)[C@H](C)N)[C@@H](C)O)[C@@H](C)O)C(=O)N1CCC[C@H]1C(=O)N[C@@H](CCCN=C(N)N)C(=O)N[C@@H](CC(C)C)C(=O)N[C@@H](CS)C(=O)O. The Balaban J connectivity index is 2.33. The van der Waals surface area contributed by atoms with Crippen LogP contribution in [0.3, 0.4) is 0 Å². The highest BCUT2D eigenvalue weighted by Crippen LogP contribution is 2.23. The summed E-state index contributed by atoms with van der Waals surface area (Å²) in [6.07, 6.45) is 0.193. The van der Waals surface area contributed by atoms with E-state index in [-0.39, 0.29) is 81.5 Å². The molecule has 0 saturated carbocycles. The predicted octanol–water partition coefficient (Wildman–Crippen LogP) is -4.73. The lowest BCUT2D eigenvalue weighted by molar-refractivity contribution is -0.146. The topological polar surface area (TPSA) is 412 Å². The van der Waals surface area contributed by atoms with Crippen LogP contribution in [0.1, 0.15) is 86.0 Å². The smallest absolute Gasteiger partial charge is 0.327 e. The first-order valence-electron chi connectivity index (χ1n) is 24.1. The summed E-state index contributed by atoms with van der Waals surface area (Å²) in [4.78, 5) is 141. The van der Waals surface area contributed by atoms with E-state index in [2.05, 4.69) is 67.5 Å². The molecule has 12 atom stereocenters. The fourth-order valence-electron chi connectivity index (χ4n) is 8.01. The minimum atomic E-state index is -1.67. The van der Waals surface area contributed by atoms with E-state index >= 15 is 0 Å². The van der Waals surface area contributed by atoms with Gasteiger partial charge >= 0.3 is 5.97 Å². The van der Waals surface area contributed by atoms with Gasteiger partial charge in [0.15, 0.2) is 5.96 Å². The predicted molar refractivity (Wildman–Crippen MR) is 278 cm³/mol. The number of rotatable bonds is 30. The van der Waals surface area contributed by atoms with Crippen LogP contribution >= 0.6 is 37.0 Å². The minimum Gasteiger partial charge on any atom is -0.480 e. The number of hydrogen-bond donors (Lipinski definition) is 15. The Morgan fingerprint density at radius 2 is 1.11 bits per heavy atom. The number of hydrogen-bond acceptors (Lipinski definition) is 17. The van der Waals surface area contributed by atoms with Gasteiger partial charge in [-0.2, -0.15) is 37.0 Å². The number of nitrogens with one attached hydrogen (secondary N) is 7. The van der Waals surface area contributed by atoms with E-state index < -0.39 is 132 Å². The van der Waals surface area contributed by atoms with Crippen LogP contribution in [0.4, 0.5) is 0 Å². The number of carboxylic acids is 1. The Morgan fingerprint density at radius 3 is 1.59 bits per heavy atom. The van der Waals surface area contributed by atoms with Crippen LogP contribution in [0.5, 0.6) is 0 Å². The number of aliphatic imine (C=N–C) groups is 1. The zero-order valence-corrected chi connectivity index (χ0v) is 44.8. The number of guanidine groups is 1. The molecule has 0 aromatic rings. The molecule has 26 nitrogen and oxygen atoms in total. The molecule has 16 N–H and O–H groups in total. The Bertz CT molecular complexity index is 1960. The fraction of sp³-hybridized carbons (Fsp3) is 0.750. The summed E-state index contributed by atoms with van der Waals surface area (Å²) >= 11 is 9.47. The molecular weight excluding hydrogens is 1010 g/mol. The lowest BCUT2D eigenvalue weighted by Gasteiger charge is -2.33. The largest absolute Gasteiger partial charge is 0.480 e. The maximum atomic E-state index is 14.4. The summed E-state index contributed by atoms with van der Waals surface area (Å²) in [6.45, 7) is 7.63. The summed E-state index contributed by atoms with van der Waals surface area (Å²) in [5.41, 5.74) is 16.5. The molecule has 0 bridgehead atoms. The molecule has 9 amide bonds. The van der Waals surface area contributed by atoms with Crippen LogP contribution in [0, 0.1) is 5.92 Å². The molecule has 0 unspecified atom stereocenters. The molecule has 2 fully saturated rings. The van der Waals surface area contributed by atoms with Gasteiger partial charge in [-0.3, -0.25) is 48.1 Å². The molecule has 2 aliphatic heterocycles. The van der Waals surface area contributed by atoms with Crippen LogP contribution in [0.25, 0.3) is 0 Å². The lowest BCUT2D eigenvalue weighted by Crippen LogP contribution is -2.63. The second kappa shape index (κ2) is 31.6. The van der Waals surface area contributed by atoms with E-state index in [1.54, 1.807) is 20.1 Å². The number of carboxylic acid groups (broad SMARTS) is 1. The van der Waals surface area contributed by atoms with Crippen molar-refractivity contribution in [2.45, 2.75) is 159 Å². The Morgan fingerprint density at radius 1 is 0.630 bits per heavy atom. The first-order chi connectivity index (χ1) is 34.3. The number of nitrogens with two attached hydrogens (primary N) is 3. The first kappa shape index (κ1) is 64.0. The van der Waals surface area contributed by atoms with Crippen molar-refractivity contribution < 1.29 is 63.3 Å². The molecule has 0 spiro atoms. The number of aliphatic carboxylic acids is 1. The van der Waals surface area contributed by atoms with Gasteiger partial charge in [0, 0.05) is 31.1 Å². The van der Waals surface area contributed by atoms with Crippen LogP contribution in [0.2, 0.25) is 0 Å². The second-order valence-electron chi connectivity index (χ2n) is 18.5. The van der Waals surface area contributed by atoms with E-state index in [1.165, 1.54) is 37.4 Å². The number of amides is 9. The monoisotopic (exact) mass is 1090 g/mol. The number of thioether (sulfide) groups is 1. The normalized spacial score (nSPS) is 19.6. The molecule has 0 aliphatic carbocycles. The maximum absolute atomic E-state index is 14.4. The Kier molecular flexibility index (Phi) is 27.7. The molecule has 0 aromatic carbocycles. The van der Waals surface area contributed by atoms with E-state index in [0.717, 1.165) is 4.90 Å². The molecule has 2 heterocycles. The molecular formula is C44H77N13O13S3. The molecule has 2 aliphatic rings. The van der Waals surface area contributed by atoms with E-state index in [4.69, 9.17) is 17.2 Å². The number of carbonyl (C=O) groups is 10. The van der Waals surface area contributed by atoms with Crippen molar-refractivity contribution in [1.29, 1.82) is 0 Å². The number of aliphatic hydroxyl groups is 2.